The number of aryl methyl sites for hydroxylation is 1. The van der Waals surface area contributed by atoms with E-state index in [1.165, 1.54) is 14.0 Å². The van der Waals surface area contributed by atoms with Crippen LogP contribution in [0, 0.1) is 6.92 Å². The molecule has 3 amide bonds. The zero-order valence-corrected chi connectivity index (χ0v) is 12.1. The summed E-state index contributed by atoms with van der Waals surface area (Å²) >= 11 is 0. The quantitative estimate of drug-likeness (QED) is 0.775. The van der Waals surface area contributed by atoms with Crippen LogP contribution < -0.4 is 15.4 Å². The number of carbonyl (C=O) groups excluding carboxylic acids is 2. The largest absolute Gasteiger partial charge is 0.481 e. The number of hydrogen-bond acceptors (Lipinski definition) is 4. The van der Waals surface area contributed by atoms with Gasteiger partial charge in [-0.25, -0.2) is 4.79 Å². The van der Waals surface area contributed by atoms with Crippen molar-refractivity contribution in [1.82, 2.24) is 10.6 Å². The minimum atomic E-state index is -0.854. The fourth-order valence-corrected chi connectivity index (χ4v) is 1.62. The zero-order chi connectivity index (χ0) is 15.3. The molecule has 0 aliphatic carbocycles. The van der Waals surface area contributed by atoms with Crippen LogP contribution in [0.4, 0.5) is 4.79 Å². The molecule has 0 spiro atoms. The Morgan fingerprint density at radius 2 is 1.95 bits per heavy atom. The van der Waals surface area contributed by atoms with Crippen molar-refractivity contribution in [3.8, 4) is 5.75 Å². The Morgan fingerprint density at radius 1 is 1.30 bits per heavy atom. The van der Waals surface area contributed by atoms with Crippen LogP contribution in [0.5, 0.6) is 5.75 Å². The lowest BCUT2D eigenvalue weighted by Crippen LogP contribution is -2.44. The standard InChI is InChI=1S/C14H20N2O4/c1-8-5-6-12(11(7-8)9(2)17)20-10(3)13(18)16-14(19)15-4/h5-7,9-10,17H,1-4H3,(H2,15,16,18,19). The number of hydrogen-bond donors (Lipinski definition) is 3. The van der Waals surface area contributed by atoms with Gasteiger partial charge in [-0.3, -0.25) is 10.1 Å². The molecule has 1 rings (SSSR count). The van der Waals surface area contributed by atoms with Crippen LogP contribution in [0.2, 0.25) is 0 Å². The highest BCUT2D eigenvalue weighted by Crippen LogP contribution is 2.27. The molecule has 2 atom stereocenters. The van der Waals surface area contributed by atoms with E-state index in [0.717, 1.165) is 5.56 Å². The molecule has 20 heavy (non-hydrogen) atoms. The van der Waals surface area contributed by atoms with Gasteiger partial charge in [-0.1, -0.05) is 11.6 Å². The van der Waals surface area contributed by atoms with Gasteiger partial charge >= 0.3 is 6.03 Å². The molecule has 0 bridgehead atoms. The molecule has 0 aromatic heterocycles. The first-order chi connectivity index (χ1) is 9.35. The third kappa shape index (κ3) is 4.24. The molecule has 0 aliphatic rings. The maximum Gasteiger partial charge on any atom is 0.321 e. The summed E-state index contributed by atoms with van der Waals surface area (Å²) in [5, 5.41) is 14.1. The van der Waals surface area contributed by atoms with Crippen molar-refractivity contribution in [2.75, 3.05) is 7.05 Å². The molecular formula is C14H20N2O4. The predicted molar refractivity (Wildman–Crippen MR) is 74.5 cm³/mol. The highest BCUT2D eigenvalue weighted by molar-refractivity contribution is 5.96. The number of aliphatic hydroxyl groups excluding tert-OH is 1. The summed E-state index contributed by atoms with van der Waals surface area (Å²) in [6.07, 6.45) is -1.56. The third-order valence-electron chi connectivity index (χ3n) is 2.75. The van der Waals surface area contributed by atoms with E-state index < -0.39 is 24.1 Å². The molecule has 6 heteroatoms. The number of benzene rings is 1. The van der Waals surface area contributed by atoms with Gasteiger partial charge in [-0.2, -0.15) is 0 Å². The Balaban J connectivity index is 2.82. The Morgan fingerprint density at radius 3 is 2.50 bits per heavy atom. The van der Waals surface area contributed by atoms with Gasteiger partial charge < -0.3 is 15.2 Å². The fraction of sp³-hybridized carbons (Fsp3) is 0.429. The molecule has 0 heterocycles. The monoisotopic (exact) mass is 280 g/mol. The third-order valence-corrected chi connectivity index (χ3v) is 2.75. The summed E-state index contributed by atoms with van der Waals surface area (Å²) in [6.45, 7) is 5.05. The van der Waals surface area contributed by atoms with Crippen molar-refractivity contribution in [3.05, 3.63) is 29.3 Å². The number of ether oxygens (including phenoxy) is 1. The molecule has 0 fully saturated rings. The van der Waals surface area contributed by atoms with Crippen molar-refractivity contribution < 1.29 is 19.4 Å². The maximum atomic E-state index is 11.7. The molecule has 110 valence electrons. The number of carbonyl (C=O) groups is 2. The van der Waals surface area contributed by atoms with Crippen LogP contribution in [0.15, 0.2) is 18.2 Å². The van der Waals surface area contributed by atoms with Gasteiger partial charge in [0.15, 0.2) is 6.10 Å². The summed E-state index contributed by atoms with van der Waals surface area (Å²) in [4.78, 5) is 22.8. The second-order valence-electron chi connectivity index (χ2n) is 4.55. The lowest BCUT2D eigenvalue weighted by molar-refractivity contribution is -0.126. The second-order valence-corrected chi connectivity index (χ2v) is 4.55. The number of nitrogens with one attached hydrogen (secondary N) is 2. The van der Waals surface area contributed by atoms with Crippen LogP contribution in [0.25, 0.3) is 0 Å². The Kier molecular flexibility index (Phi) is 5.52. The molecule has 0 saturated carbocycles. The van der Waals surface area contributed by atoms with Crippen molar-refractivity contribution in [1.29, 1.82) is 0 Å². The van der Waals surface area contributed by atoms with Gasteiger partial charge in [0.1, 0.15) is 5.75 Å². The van der Waals surface area contributed by atoms with Gasteiger partial charge in [-0.15, -0.1) is 0 Å². The summed E-state index contributed by atoms with van der Waals surface area (Å²) in [5.74, 6) is -0.133. The first-order valence-electron chi connectivity index (χ1n) is 6.33. The van der Waals surface area contributed by atoms with Crippen LogP contribution in [0.3, 0.4) is 0 Å². The molecule has 6 nitrogen and oxygen atoms in total. The Bertz CT molecular complexity index is 500. The number of urea groups is 1. The molecule has 0 saturated heterocycles. The van der Waals surface area contributed by atoms with Crippen molar-refractivity contribution in [2.24, 2.45) is 0 Å². The summed E-state index contributed by atoms with van der Waals surface area (Å²) in [7, 11) is 1.42. The molecule has 1 aromatic rings. The van der Waals surface area contributed by atoms with Crippen LogP contribution in [0.1, 0.15) is 31.1 Å². The summed E-state index contributed by atoms with van der Waals surface area (Å²) < 4.78 is 5.52. The number of imide groups is 1. The SMILES string of the molecule is CNC(=O)NC(=O)C(C)Oc1ccc(C)cc1C(C)O. The molecular weight excluding hydrogens is 260 g/mol. The average Bonchev–Trinajstić information content (AvgIpc) is 2.40. The topological polar surface area (TPSA) is 87.7 Å². The average molecular weight is 280 g/mol. The van der Waals surface area contributed by atoms with Crippen molar-refractivity contribution >= 4 is 11.9 Å². The summed E-state index contributed by atoms with van der Waals surface area (Å²) in [6, 6.07) is 4.72. The van der Waals surface area contributed by atoms with E-state index in [1.807, 2.05) is 13.0 Å². The molecule has 3 N–H and O–H groups in total. The van der Waals surface area contributed by atoms with Gasteiger partial charge in [0.05, 0.1) is 6.10 Å². The van der Waals surface area contributed by atoms with E-state index in [-0.39, 0.29) is 0 Å². The number of aliphatic hydroxyl groups is 1. The number of amides is 3. The van der Waals surface area contributed by atoms with E-state index in [9.17, 15) is 14.7 Å². The first-order valence-corrected chi connectivity index (χ1v) is 6.33. The van der Waals surface area contributed by atoms with E-state index >= 15 is 0 Å². The number of rotatable bonds is 4. The zero-order valence-electron chi connectivity index (χ0n) is 12.1. The van der Waals surface area contributed by atoms with Gasteiger partial charge in [0.2, 0.25) is 0 Å². The maximum absolute atomic E-state index is 11.7. The molecule has 0 aliphatic heterocycles. The van der Waals surface area contributed by atoms with Crippen LogP contribution >= 0.6 is 0 Å². The Labute approximate surface area is 118 Å². The first kappa shape index (κ1) is 16.0. The summed E-state index contributed by atoms with van der Waals surface area (Å²) in [5.41, 5.74) is 1.58. The predicted octanol–water partition coefficient (Wildman–Crippen LogP) is 1.27. The van der Waals surface area contributed by atoms with E-state index in [0.29, 0.717) is 11.3 Å². The lowest BCUT2D eigenvalue weighted by Gasteiger charge is -2.18. The van der Waals surface area contributed by atoms with Crippen LogP contribution in [-0.4, -0.2) is 30.2 Å². The smallest absolute Gasteiger partial charge is 0.321 e. The molecule has 1 aromatic carbocycles. The van der Waals surface area contributed by atoms with Gasteiger partial charge in [-0.05, 0) is 32.9 Å². The minimum absolute atomic E-state index is 0.421. The Hall–Kier alpha value is -2.08. The van der Waals surface area contributed by atoms with Gasteiger partial charge in [0.25, 0.3) is 5.91 Å². The van der Waals surface area contributed by atoms with Crippen molar-refractivity contribution in [3.63, 3.8) is 0 Å². The normalized spacial score (nSPS) is 13.2. The minimum Gasteiger partial charge on any atom is -0.481 e. The van der Waals surface area contributed by atoms with Gasteiger partial charge in [0, 0.05) is 12.6 Å². The van der Waals surface area contributed by atoms with E-state index in [1.54, 1.807) is 19.1 Å². The van der Waals surface area contributed by atoms with Crippen molar-refractivity contribution in [2.45, 2.75) is 33.0 Å². The van der Waals surface area contributed by atoms with E-state index in [4.69, 9.17) is 4.74 Å². The lowest BCUT2D eigenvalue weighted by atomic mass is 10.1. The second kappa shape index (κ2) is 6.91. The molecule has 0 radical (unpaired) electrons. The van der Waals surface area contributed by atoms with E-state index in [2.05, 4.69) is 10.6 Å². The highest BCUT2D eigenvalue weighted by atomic mass is 16.5. The highest BCUT2D eigenvalue weighted by Gasteiger charge is 2.19. The fourth-order valence-electron chi connectivity index (χ4n) is 1.62. The van der Waals surface area contributed by atoms with Crippen LogP contribution in [-0.2, 0) is 4.79 Å². The molecule has 2 unspecified atom stereocenters.